The molecular formula is C15H21FN2O2S. The maximum Gasteiger partial charge on any atom is 0.243 e. The third-order valence-corrected chi connectivity index (χ3v) is 5.29. The van der Waals surface area contributed by atoms with Gasteiger partial charge >= 0.3 is 0 Å². The fraction of sp³-hybridized carbons (Fsp3) is 0.533. The summed E-state index contributed by atoms with van der Waals surface area (Å²) >= 11 is 0. The number of hydrogen-bond donors (Lipinski definition) is 0. The van der Waals surface area contributed by atoms with E-state index in [-0.39, 0.29) is 16.5 Å². The minimum Gasteiger partial charge on any atom is -0.207 e. The Morgan fingerprint density at radius 1 is 1.33 bits per heavy atom. The molecule has 6 heteroatoms. The van der Waals surface area contributed by atoms with Crippen LogP contribution in [0.15, 0.2) is 23.1 Å². The molecule has 0 saturated heterocycles. The Hall–Kier alpha value is -1.45. The first-order valence-electron chi connectivity index (χ1n) is 7.06. The number of nitriles is 1. The molecule has 1 aromatic rings. The Morgan fingerprint density at radius 3 is 2.52 bits per heavy atom. The van der Waals surface area contributed by atoms with E-state index in [2.05, 4.69) is 0 Å². The Balaban J connectivity index is 3.14. The van der Waals surface area contributed by atoms with Crippen molar-refractivity contribution in [3.63, 3.8) is 0 Å². The zero-order chi connectivity index (χ0) is 16.0. The molecule has 0 saturated carbocycles. The van der Waals surface area contributed by atoms with E-state index < -0.39 is 15.8 Å². The Kier molecular flexibility index (Phi) is 6.31. The first-order chi connectivity index (χ1) is 9.84. The average molecular weight is 312 g/mol. The van der Waals surface area contributed by atoms with Crippen LogP contribution in [-0.4, -0.2) is 25.3 Å². The highest BCUT2D eigenvalue weighted by Gasteiger charge is 2.27. The molecule has 0 aliphatic carbocycles. The van der Waals surface area contributed by atoms with Gasteiger partial charge in [0.2, 0.25) is 10.0 Å². The fourth-order valence-corrected chi connectivity index (χ4v) is 3.76. The van der Waals surface area contributed by atoms with Crippen molar-refractivity contribution in [1.29, 1.82) is 5.26 Å². The van der Waals surface area contributed by atoms with Crippen LogP contribution in [0.4, 0.5) is 4.39 Å². The van der Waals surface area contributed by atoms with Gasteiger partial charge < -0.3 is 0 Å². The van der Waals surface area contributed by atoms with Crippen molar-refractivity contribution < 1.29 is 12.8 Å². The van der Waals surface area contributed by atoms with Crippen LogP contribution in [0.5, 0.6) is 0 Å². The van der Waals surface area contributed by atoms with Gasteiger partial charge in [-0.3, -0.25) is 0 Å². The molecular weight excluding hydrogens is 291 g/mol. The SMILES string of the molecule is CCCCCN(C(C)C)S(=O)(=O)c1ccc(F)c(C#N)c1. The smallest absolute Gasteiger partial charge is 0.207 e. The van der Waals surface area contributed by atoms with E-state index >= 15 is 0 Å². The van der Waals surface area contributed by atoms with Gasteiger partial charge in [-0.2, -0.15) is 9.57 Å². The Bertz CT molecular complexity index is 621. The lowest BCUT2D eigenvalue weighted by atomic mass is 10.2. The maximum absolute atomic E-state index is 13.3. The van der Waals surface area contributed by atoms with Crippen molar-refractivity contribution in [2.45, 2.75) is 51.0 Å². The number of hydrogen-bond acceptors (Lipinski definition) is 3. The molecule has 0 atom stereocenters. The summed E-state index contributed by atoms with van der Waals surface area (Å²) in [6.07, 6.45) is 2.73. The maximum atomic E-state index is 13.3. The van der Waals surface area contributed by atoms with Crippen molar-refractivity contribution in [2.24, 2.45) is 0 Å². The van der Waals surface area contributed by atoms with E-state index in [1.165, 1.54) is 10.4 Å². The molecule has 0 N–H and O–H groups in total. The molecule has 0 aliphatic heterocycles. The standard InChI is InChI=1S/C15H21FN2O2S/c1-4-5-6-9-18(12(2)3)21(19,20)14-7-8-15(16)13(10-14)11-17/h7-8,10,12H,4-6,9H2,1-3H3. The van der Waals surface area contributed by atoms with Crippen molar-refractivity contribution in [2.75, 3.05) is 6.54 Å². The number of sulfonamides is 1. The van der Waals surface area contributed by atoms with E-state index in [1.54, 1.807) is 19.9 Å². The monoisotopic (exact) mass is 312 g/mol. The van der Waals surface area contributed by atoms with Crippen molar-refractivity contribution in [3.05, 3.63) is 29.6 Å². The molecule has 0 spiro atoms. The number of nitrogens with zero attached hydrogens (tertiary/aromatic N) is 2. The minimum atomic E-state index is -3.71. The summed E-state index contributed by atoms with van der Waals surface area (Å²) in [5.41, 5.74) is -0.256. The molecule has 21 heavy (non-hydrogen) atoms. The molecule has 0 aromatic heterocycles. The van der Waals surface area contributed by atoms with Crippen LogP contribution in [0.25, 0.3) is 0 Å². The second-order valence-corrected chi connectivity index (χ2v) is 7.06. The van der Waals surface area contributed by atoms with E-state index in [1.807, 2.05) is 6.92 Å². The van der Waals surface area contributed by atoms with Crippen LogP contribution in [0, 0.1) is 17.1 Å². The predicted octanol–water partition coefficient (Wildman–Crippen LogP) is 3.29. The third-order valence-electron chi connectivity index (χ3n) is 3.22. The molecule has 0 radical (unpaired) electrons. The third kappa shape index (κ3) is 4.26. The Labute approximate surface area is 126 Å². The van der Waals surface area contributed by atoms with Gasteiger partial charge in [0.05, 0.1) is 10.5 Å². The average Bonchev–Trinajstić information content (AvgIpc) is 2.43. The van der Waals surface area contributed by atoms with Crippen LogP contribution in [0.1, 0.15) is 45.6 Å². The lowest BCUT2D eigenvalue weighted by Crippen LogP contribution is -2.37. The van der Waals surface area contributed by atoms with Crippen LogP contribution in [0.3, 0.4) is 0 Å². The van der Waals surface area contributed by atoms with E-state index in [0.717, 1.165) is 31.4 Å². The fourth-order valence-electron chi connectivity index (χ4n) is 2.06. The highest BCUT2D eigenvalue weighted by Crippen LogP contribution is 2.21. The summed E-state index contributed by atoms with van der Waals surface area (Å²) in [5.74, 6) is -0.710. The Morgan fingerprint density at radius 2 is 2.00 bits per heavy atom. The van der Waals surface area contributed by atoms with Crippen molar-refractivity contribution in [3.8, 4) is 6.07 Å². The molecule has 0 bridgehead atoms. The first-order valence-corrected chi connectivity index (χ1v) is 8.50. The van der Waals surface area contributed by atoms with Gasteiger partial charge in [-0.05, 0) is 38.5 Å². The second kappa shape index (κ2) is 7.53. The molecule has 0 aliphatic rings. The largest absolute Gasteiger partial charge is 0.243 e. The number of halogens is 1. The summed E-state index contributed by atoms with van der Waals surface area (Å²) in [5, 5.41) is 8.83. The normalized spacial score (nSPS) is 11.9. The van der Waals surface area contributed by atoms with Crippen LogP contribution < -0.4 is 0 Å². The minimum absolute atomic E-state index is 0.0364. The van der Waals surface area contributed by atoms with Gasteiger partial charge in [-0.25, -0.2) is 12.8 Å². The summed E-state index contributed by atoms with van der Waals surface area (Å²) in [4.78, 5) is -0.0364. The second-order valence-electron chi connectivity index (χ2n) is 5.17. The summed E-state index contributed by atoms with van der Waals surface area (Å²) < 4.78 is 40.0. The molecule has 1 rings (SSSR count). The van der Waals surface area contributed by atoms with Gasteiger partial charge in [-0.15, -0.1) is 0 Å². The molecule has 0 fully saturated rings. The molecule has 0 unspecified atom stereocenters. The zero-order valence-corrected chi connectivity index (χ0v) is 13.5. The molecule has 0 amide bonds. The number of rotatable bonds is 7. The highest BCUT2D eigenvalue weighted by atomic mass is 32.2. The van der Waals surface area contributed by atoms with Gasteiger partial charge in [0, 0.05) is 12.6 Å². The molecule has 116 valence electrons. The molecule has 1 aromatic carbocycles. The van der Waals surface area contributed by atoms with Crippen LogP contribution >= 0.6 is 0 Å². The molecule has 4 nitrogen and oxygen atoms in total. The van der Waals surface area contributed by atoms with Crippen LogP contribution in [-0.2, 0) is 10.0 Å². The predicted molar refractivity (Wildman–Crippen MR) is 79.7 cm³/mol. The summed E-state index contributed by atoms with van der Waals surface area (Å²) in [6.45, 7) is 6.08. The quantitative estimate of drug-likeness (QED) is 0.726. The van der Waals surface area contributed by atoms with Crippen molar-refractivity contribution in [1.82, 2.24) is 4.31 Å². The van der Waals surface area contributed by atoms with E-state index in [0.29, 0.717) is 6.54 Å². The van der Waals surface area contributed by atoms with E-state index in [4.69, 9.17) is 5.26 Å². The topological polar surface area (TPSA) is 61.2 Å². The van der Waals surface area contributed by atoms with Gasteiger partial charge in [0.15, 0.2) is 0 Å². The number of unbranched alkanes of at least 4 members (excludes halogenated alkanes) is 2. The van der Waals surface area contributed by atoms with Gasteiger partial charge in [0.1, 0.15) is 11.9 Å². The first kappa shape index (κ1) is 17.6. The van der Waals surface area contributed by atoms with Gasteiger partial charge in [-0.1, -0.05) is 19.8 Å². The summed E-state index contributed by atoms with van der Waals surface area (Å²) in [6, 6.07) is 4.81. The summed E-state index contributed by atoms with van der Waals surface area (Å²) in [7, 11) is -3.71. The van der Waals surface area contributed by atoms with Crippen LogP contribution in [0.2, 0.25) is 0 Å². The van der Waals surface area contributed by atoms with E-state index in [9.17, 15) is 12.8 Å². The highest BCUT2D eigenvalue weighted by molar-refractivity contribution is 7.89. The lowest BCUT2D eigenvalue weighted by Gasteiger charge is -2.26. The molecule has 0 heterocycles. The van der Waals surface area contributed by atoms with Gasteiger partial charge in [0.25, 0.3) is 0 Å². The number of benzene rings is 1. The lowest BCUT2D eigenvalue weighted by molar-refractivity contribution is 0.345. The van der Waals surface area contributed by atoms with Crippen molar-refractivity contribution >= 4 is 10.0 Å². The zero-order valence-electron chi connectivity index (χ0n) is 12.6.